The number of pyridine rings is 1. The first kappa shape index (κ1) is 23.6. The van der Waals surface area contributed by atoms with Crippen LogP contribution in [-0.4, -0.2) is 47.3 Å². The lowest BCUT2D eigenvalue weighted by Gasteiger charge is -2.42. The SMILES string of the molecule is CCNC(=NCc1ccc(-n2ccnc2C)nc1)NCC1(CCOC)CCC1.I. The van der Waals surface area contributed by atoms with Gasteiger partial charge in [0.25, 0.3) is 0 Å². The molecule has 2 heterocycles. The van der Waals surface area contributed by atoms with Gasteiger partial charge in [-0.2, -0.15) is 0 Å². The van der Waals surface area contributed by atoms with Gasteiger partial charge in [-0.05, 0) is 50.2 Å². The van der Waals surface area contributed by atoms with Crippen LogP contribution in [-0.2, 0) is 11.3 Å². The molecule has 1 aliphatic carbocycles. The van der Waals surface area contributed by atoms with E-state index in [1.54, 1.807) is 13.3 Å². The van der Waals surface area contributed by atoms with Gasteiger partial charge in [-0.3, -0.25) is 4.57 Å². The molecule has 3 rings (SSSR count). The van der Waals surface area contributed by atoms with Crippen molar-refractivity contribution in [1.29, 1.82) is 0 Å². The van der Waals surface area contributed by atoms with Gasteiger partial charge in [0.05, 0.1) is 6.54 Å². The number of rotatable bonds is 9. The molecule has 29 heavy (non-hydrogen) atoms. The average Bonchev–Trinajstić information content (AvgIpc) is 3.11. The van der Waals surface area contributed by atoms with Gasteiger partial charge in [-0.15, -0.1) is 24.0 Å². The standard InChI is InChI=1S/C21H32N6O.HI/c1-4-22-20(26-16-21(8-5-9-21)10-13-28-3)25-15-18-6-7-19(24-14-18)27-12-11-23-17(27)2;/h6-7,11-12,14H,4-5,8-10,13,15-16H2,1-3H3,(H2,22,25,26);1H. The van der Waals surface area contributed by atoms with E-state index in [-0.39, 0.29) is 24.0 Å². The normalized spacial score (nSPS) is 15.3. The Bertz CT molecular complexity index is 770. The van der Waals surface area contributed by atoms with Crippen molar-refractivity contribution in [2.24, 2.45) is 10.4 Å². The van der Waals surface area contributed by atoms with E-state index in [4.69, 9.17) is 9.73 Å². The molecule has 8 heteroatoms. The Morgan fingerprint density at radius 1 is 1.28 bits per heavy atom. The van der Waals surface area contributed by atoms with Crippen molar-refractivity contribution in [3.63, 3.8) is 0 Å². The fourth-order valence-electron chi connectivity index (χ4n) is 3.57. The highest BCUT2D eigenvalue weighted by Crippen LogP contribution is 2.43. The van der Waals surface area contributed by atoms with Crippen LogP contribution in [0.5, 0.6) is 0 Å². The van der Waals surface area contributed by atoms with Crippen LogP contribution in [0.15, 0.2) is 35.7 Å². The lowest BCUT2D eigenvalue weighted by molar-refractivity contribution is 0.0732. The molecule has 1 fully saturated rings. The first-order valence-electron chi connectivity index (χ1n) is 10.1. The Balaban J connectivity index is 0.00000300. The summed E-state index contributed by atoms with van der Waals surface area (Å²) in [7, 11) is 1.78. The van der Waals surface area contributed by atoms with Crippen LogP contribution in [0.1, 0.15) is 44.0 Å². The van der Waals surface area contributed by atoms with Gasteiger partial charge in [0.15, 0.2) is 5.96 Å². The summed E-state index contributed by atoms with van der Waals surface area (Å²) in [5.41, 5.74) is 1.44. The van der Waals surface area contributed by atoms with E-state index in [1.807, 2.05) is 30.0 Å². The van der Waals surface area contributed by atoms with Crippen molar-refractivity contribution in [3.8, 4) is 5.82 Å². The second-order valence-electron chi connectivity index (χ2n) is 7.51. The van der Waals surface area contributed by atoms with Crippen LogP contribution in [0.4, 0.5) is 0 Å². The number of hydrogen-bond donors (Lipinski definition) is 2. The topological polar surface area (TPSA) is 76.4 Å². The molecule has 2 N–H and O–H groups in total. The van der Waals surface area contributed by atoms with Crippen LogP contribution in [0.3, 0.4) is 0 Å². The van der Waals surface area contributed by atoms with Gasteiger partial charge < -0.3 is 15.4 Å². The Kier molecular flexibility index (Phi) is 9.35. The lowest BCUT2D eigenvalue weighted by Crippen LogP contribution is -2.46. The summed E-state index contributed by atoms with van der Waals surface area (Å²) in [6.07, 6.45) is 10.5. The summed E-state index contributed by atoms with van der Waals surface area (Å²) in [5, 5.41) is 6.88. The summed E-state index contributed by atoms with van der Waals surface area (Å²) < 4.78 is 7.26. The molecule has 0 spiro atoms. The molecule has 160 valence electrons. The van der Waals surface area contributed by atoms with Gasteiger partial charge in [0.2, 0.25) is 0 Å². The molecular weight excluding hydrogens is 479 g/mol. The molecular formula is C21H33IN6O. The van der Waals surface area contributed by atoms with E-state index < -0.39 is 0 Å². The van der Waals surface area contributed by atoms with Gasteiger partial charge in [-0.25, -0.2) is 15.0 Å². The number of imidazole rings is 1. The molecule has 0 unspecified atom stereocenters. The van der Waals surface area contributed by atoms with Crippen LogP contribution < -0.4 is 10.6 Å². The van der Waals surface area contributed by atoms with Crippen molar-refractivity contribution in [2.45, 2.75) is 46.1 Å². The molecule has 1 saturated carbocycles. The third-order valence-electron chi connectivity index (χ3n) is 5.53. The maximum atomic E-state index is 5.29. The monoisotopic (exact) mass is 512 g/mol. The number of aromatic nitrogens is 3. The maximum absolute atomic E-state index is 5.29. The number of ether oxygens (including phenoxy) is 1. The molecule has 2 aromatic heterocycles. The van der Waals surface area contributed by atoms with Gasteiger partial charge >= 0.3 is 0 Å². The second kappa shape index (κ2) is 11.5. The summed E-state index contributed by atoms with van der Waals surface area (Å²) in [6.45, 7) is 7.26. The van der Waals surface area contributed by atoms with Crippen molar-refractivity contribution in [1.82, 2.24) is 25.2 Å². The zero-order valence-corrected chi connectivity index (χ0v) is 20.0. The molecule has 0 aliphatic heterocycles. The third kappa shape index (κ3) is 6.40. The zero-order valence-electron chi connectivity index (χ0n) is 17.6. The minimum atomic E-state index is 0. The number of methoxy groups -OCH3 is 1. The van der Waals surface area contributed by atoms with Crippen molar-refractivity contribution in [3.05, 3.63) is 42.1 Å². The molecule has 0 saturated heterocycles. The Hall–Kier alpha value is -1.68. The molecule has 0 aromatic carbocycles. The first-order valence-corrected chi connectivity index (χ1v) is 10.1. The van der Waals surface area contributed by atoms with E-state index in [0.717, 1.165) is 49.3 Å². The number of nitrogens with one attached hydrogen (secondary N) is 2. The number of halogens is 1. The van der Waals surface area contributed by atoms with E-state index >= 15 is 0 Å². The van der Waals surface area contributed by atoms with Crippen molar-refractivity contribution >= 4 is 29.9 Å². The fourth-order valence-corrected chi connectivity index (χ4v) is 3.57. The summed E-state index contributed by atoms with van der Waals surface area (Å²) in [5.74, 6) is 2.66. The van der Waals surface area contributed by atoms with Gasteiger partial charge in [0, 0.05) is 45.4 Å². The largest absolute Gasteiger partial charge is 0.385 e. The molecule has 7 nitrogen and oxygen atoms in total. The molecule has 1 aliphatic rings. The Morgan fingerprint density at radius 2 is 2.10 bits per heavy atom. The van der Waals surface area contributed by atoms with E-state index in [1.165, 1.54) is 19.3 Å². The predicted molar refractivity (Wildman–Crippen MR) is 127 cm³/mol. The fraction of sp³-hybridized carbons (Fsp3) is 0.571. The van der Waals surface area contributed by atoms with Crippen LogP contribution in [0, 0.1) is 12.3 Å². The summed E-state index contributed by atoms with van der Waals surface area (Å²) in [4.78, 5) is 13.5. The van der Waals surface area contributed by atoms with Gasteiger partial charge in [-0.1, -0.05) is 12.5 Å². The number of aliphatic imine (C=N–C) groups is 1. The zero-order chi connectivity index (χ0) is 19.8. The van der Waals surface area contributed by atoms with E-state index in [0.29, 0.717) is 12.0 Å². The molecule has 0 amide bonds. The van der Waals surface area contributed by atoms with Crippen molar-refractivity contribution in [2.75, 3.05) is 26.8 Å². The lowest BCUT2D eigenvalue weighted by atomic mass is 9.67. The van der Waals surface area contributed by atoms with E-state index in [9.17, 15) is 0 Å². The predicted octanol–water partition coefficient (Wildman–Crippen LogP) is 3.46. The highest BCUT2D eigenvalue weighted by atomic mass is 127. The number of hydrogen-bond acceptors (Lipinski definition) is 4. The molecule has 2 aromatic rings. The summed E-state index contributed by atoms with van der Waals surface area (Å²) in [6, 6.07) is 4.08. The van der Waals surface area contributed by atoms with Crippen LogP contribution in [0.2, 0.25) is 0 Å². The minimum Gasteiger partial charge on any atom is -0.385 e. The molecule has 0 radical (unpaired) electrons. The van der Waals surface area contributed by atoms with Crippen LogP contribution in [0.25, 0.3) is 5.82 Å². The Morgan fingerprint density at radius 3 is 2.66 bits per heavy atom. The minimum absolute atomic E-state index is 0. The molecule has 0 atom stereocenters. The smallest absolute Gasteiger partial charge is 0.191 e. The number of guanidine groups is 1. The average molecular weight is 512 g/mol. The number of nitrogens with zero attached hydrogens (tertiary/aromatic N) is 4. The maximum Gasteiger partial charge on any atom is 0.191 e. The highest BCUT2D eigenvalue weighted by molar-refractivity contribution is 14.0. The number of aryl methyl sites for hydroxylation is 1. The molecule has 0 bridgehead atoms. The summed E-state index contributed by atoms with van der Waals surface area (Å²) >= 11 is 0. The highest BCUT2D eigenvalue weighted by Gasteiger charge is 2.36. The van der Waals surface area contributed by atoms with Crippen LogP contribution >= 0.6 is 24.0 Å². The Labute approximate surface area is 190 Å². The first-order chi connectivity index (χ1) is 13.7. The third-order valence-corrected chi connectivity index (χ3v) is 5.53. The quantitative estimate of drug-likeness (QED) is 0.306. The second-order valence-corrected chi connectivity index (χ2v) is 7.51. The van der Waals surface area contributed by atoms with E-state index in [2.05, 4.69) is 33.6 Å². The van der Waals surface area contributed by atoms with Crippen molar-refractivity contribution < 1.29 is 4.74 Å². The van der Waals surface area contributed by atoms with Gasteiger partial charge in [0.1, 0.15) is 11.6 Å².